The Kier molecular flexibility index (Phi) is 11.5. The van der Waals surface area contributed by atoms with Gasteiger partial charge in [0, 0.05) is 55.8 Å². The Bertz CT molecular complexity index is 1040. The molecule has 2 aliphatic heterocycles. The van der Waals surface area contributed by atoms with Crippen LogP contribution >= 0.6 is 11.9 Å². The second-order valence-electron chi connectivity index (χ2n) is 7.78. The van der Waals surface area contributed by atoms with Gasteiger partial charge in [0.2, 0.25) is 0 Å². The van der Waals surface area contributed by atoms with Crippen LogP contribution in [0.4, 0.5) is 23.2 Å². The fourth-order valence-corrected chi connectivity index (χ4v) is 4.01. The van der Waals surface area contributed by atoms with E-state index in [4.69, 9.17) is 0 Å². The number of hydrogen-bond donors (Lipinski definition) is 0. The van der Waals surface area contributed by atoms with Crippen molar-refractivity contribution in [1.29, 1.82) is 0 Å². The number of alkyl halides is 2. The van der Waals surface area contributed by atoms with Crippen molar-refractivity contribution in [3.05, 3.63) is 77.9 Å². The van der Waals surface area contributed by atoms with Gasteiger partial charge in [0.05, 0.1) is 5.71 Å². The molecule has 35 heavy (non-hydrogen) atoms. The summed E-state index contributed by atoms with van der Waals surface area (Å²) in [6, 6.07) is 10.5. The highest BCUT2D eigenvalue weighted by molar-refractivity contribution is 7.96. The van der Waals surface area contributed by atoms with Crippen molar-refractivity contribution >= 4 is 29.1 Å². The molecule has 0 radical (unpaired) electrons. The first kappa shape index (κ1) is 28.6. The molecular weight excluding hydrogens is 476 g/mol. The Morgan fingerprint density at radius 1 is 1.14 bits per heavy atom. The lowest BCUT2D eigenvalue weighted by Crippen LogP contribution is -2.40. The number of halogens is 4. The molecule has 0 unspecified atom stereocenters. The normalized spacial score (nSPS) is 15.2. The van der Waals surface area contributed by atoms with Gasteiger partial charge in [-0.15, -0.1) is 6.58 Å². The van der Waals surface area contributed by atoms with Gasteiger partial charge in [0.1, 0.15) is 17.3 Å². The molecule has 0 spiro atoms. The molecule has 0 N–H and O–H groups in total. The van der Waals surface area contributed by atoms with Crippen LogP contribution in [0, 0.1) is 17.6 Å². The molecule has 2 aliphatic rings. The fourth-order valence-electron chi connectivity index (χ4n) is 3.33. The largest absolute Gasteiger partial charge is 0.370 e. The lowest BCUT2D eigenvalue weighted by molar-refractivity contribution is 0.224. The van der Waals surface area contributed by atoms with Crippen LogP contribution < -0.4 is 4.90 Å². The van der Waals surface area contributed by atoms with Crippen molar-refractivity contribution < 1.29 is 17.6 Å². The average molecular weight is 509 g/mol. The molecule has 0 amide bonds. The third kappa shape index (κ3) is 8.21. The number of anilines is 1. The molecule has 0 saturated carbocycles. The molecule has 2 aromatic carbocycles. The van der Waals surface area contributed by atoms with Crippen LogP contribution in [0.25, 0.3) is 0 Å². The van der Waals surface area contributed by atoms with Crippen LogP contribution in [0.2, 0.25) is 0 Å². The Hall–Kier alpha value is -2.65. The standard InChI is InChI=1S/C18H15F4N3.C6H11NS.C2H6/c1-25(14-4-2-3-13(19)8-14)10-12-6-5-11(7-15(12)20)16-9-17(18(21)22)24-23-16;1-3-6-4-7(5-6)8-2;1-2/h2-8,18H,9-10H2,1H3;3,6H,1,4-5H2,2H3;1-2H3. The summed E-state index contributed by atoms with van der Waals surface area (Å²) >= 11 is 1.82. The molecule has 0 aliphatic carbocycles. The molecule has 190 valence electrons. The van der Waals surface area contributed by atoms with Crippen molar-refractivity contribution in [1.82, 2.24) is 4.31 Å². The zero-order valence-electron chi connectivity index (χ0n) is 20.5. The van der Waals surface area contributed by atoms with Crippen LogP contribution in [-0.2, 0) is 6.54 Å². The minimum absolute atomic E-state index is 0.0837. The number of nitrogens with zero attached hydrogens (tertiary/aromatic N) is 4. The van der Waals surface area contributed by atoms with Gasteiger partial charge >= 0.3 is 0 Å². The zero-order valence-corrected chi connectivity index (χ0v) is 21.3. The molecule has 1 fully saturated rings. The number of hydrogen-bond acceptors (Lipinski definition) is 5. The fraction of sp³-hybridized carbons (Fsp3) is 0.385. The predicted octanol–water partition coefficient (Wildman–Crippen LogP) is 6.82. The maximum Gasteiger partial charge on any atom is 0.278 e. The Morgan fingerprint density at radius 2 is 1.86 bits per heavy atom. The van der Waals surface area contributed by atoms with Crippen molar-refractivity contribution in [2.45, 2.75) is 33.2 Å². The van der Waals surface area contributed by atoms with E-state index in [2.05, 4.69) is 27.3 Å². The van der Waals surface area contributed by atoms with E-state index >= 15 is 0 Å². The van der Waals surface area contributed by atoms with E-state index in [9.17, 15) is 17.6 Å². The molecule has 9 heteroatoms. The summed E-state index contributed by atoms with van der Waals surface area (Å²) in [4.78, 5) is 1.71. The van der Waals surface area contributed by atoms with Gasteiger partial charge in [-0.2, -0.15) is 10.2 Å². The lowest BCUT2D eigenvalue weighted by Gasteiger charge is -2.35. The van der Waals surface area contributed by atoms with Gasteiger partial charge in [-0.05, 0) is 30.5 Å². The molecule has 2 heterocycles. The van der Waals surface area contributed by atoms with E-state index in [1.54, 1.807) is 36.2 Å². The first-order valence-electron chi connectivity index (χ1n) is 11.4. The third-order valence-electron chi connectivity index (χ3n) is 5.41. The quantitative estimate of drug-likeness (QED) is 0.234. The predicted molar refractivity (Wildman–Crippen MR) is 140 cm³/mol. The maximum absolute atomic E-state index is 14.4. The van der Waals surface area contributed by atoms with Crippen molar-refractivity contribution in [3.63, 3.8) is 0 Å². The topological polar surface area (TPSA) is 31.2 Å². The third-order valence-corrected chi connectivity index (χ3v) is 6.22. The molecule has 0 bridgehead atoms. The van der Waals surface area contributed by atoms with E-state index in [0.29, 0.717) is 22.5 Å². The number of benzene rings is 2. The summed E-state index contributed by atoms with van der Waals surface area (Å²) in [5.41, 5.74) is 1.46. The first-order chi connectivity index (χ1) is 16.8. The highest BCUT2D eigenvalue weighted by Crippen LogP contribution is 2.22. The van der Waals surface area contributed by atoms with Crippen LogP contribution in [0.15, 0.2) is 65.3 Å². The molecular formula is C26H32F4N4S. The molecule has 4 nitrogen and oxygen atoms in total. The smallest absolute Gasteiger partial charge is 0.278 e. The highest BCUT2D eigenvalue weighted by Gasteiger charge is 2.23. The van der Waals surface area contributed by atoms with E-state index in [0.717, 1.165) is 5.92 Å². The first-order valence-corrected chi connectivity index (χ1v) is 12.6. The van der Waals surface area contributed by atoms with Crippen molar-refractivity contribution in [2.75, 3.05) is 31.3 Å². The number of rotatable bonds is 7. The van der Waals surface area contributed by atoms with Crippen LogP contribution in [0.1, 0.15) is 31.4 Å². The summed E-state index contributed by atoms with van der Waals surface area (Å²) in [7, 11) is 1.73. The molecule has 0 aromatic heterocycles. The van der Waals surface area contributed by atoms with E-state index in [-0.39, 0.29) is 24.5 Å². The second kappa shape index (κ2) is 14.0. The monoisotopic (exact) mass is 508 g/mol. The summed E-state index contributed by atoms with van der Waals surface area (Å²) < 4.78 is 55.2. The zero-order chi connectivity index (χ0) is 26.0. The second-order valence-corrected chi connectivity index (χ2v) is 8.66. The molecule has 4 rings (SSSR count). The molecule has 2 aromatic rings. The van der Waals surface area contributed by atoms with Gasteiger partial charge < -0.3 is 4.90 Å². The van der Waals surface area contributed by atoms with Gasteiger partial charge in [0.25, 0.3) is 6.43 Å². The van der Waals surface area contributed by atoms with Gasteiger partial charge in [-0.1, -0.05) is 50.1 Å². The minimum Gasteiger partial charge on any atom is -0.370 e. The summed E-state index contributed by atoms with van der Waals surface area (Å²) in [6.07, 6.45) is 1.40. The van der Waals surface area contributed by atoms with Gasteiger partial charge in [-0.25, -0.2) is 21.9 Å². The van der Waals surface area contributed by atoms with Crippen LogP contribution in [0.5, 0.6) is 0 Å². The summed E-state index contributed by atoms with van der Waals surface area (Å²) in [6.45, 7) is 10.4. The summed E-state index contributed by atoms with van der Waals surface area (Å²) in [5.74, 6) is -0.0781. The van der Waals surface area contributed by atoms with Crippen molar-refractivity contribution in [3.8, 4) is 0 Å². The Morgan fingerprint density at radius 3 is 2.40 bits per heavy atom. The van der Waals surface area contributed by atoms with E-state index < -0.39 is 12.2 Å². The minimum atomic E-state index is -2.66. The SMILES string of the molecule is C=CC1CN(SC)C1.CC.CN(Cc1ccc(C2=NN=C(C(F)F)C2)cc1F)c1cccc(F)c1. The van der Waals surface area contributed by atoms with Crippen LogP contribution in [0.3, 0.4) is 0 Å². The van der Waals surface area contributed by atoms with Gasteiger partial charge in [0.15, 0.2) is 0 Å². The molecule has 1 saturated heterocycles. The van der Waals surface area contributed by atoms with Crippen LogP contribution in [-0.4, -0.2) is 48.5 Å². The molecule has 0 atom stereocenters. The van der Waals surface area contributed by atoms with Crippen molar-refractivity contribution in [2.24, 2.45) is 16.1 Å². The summed E-state index contributed by atoms with van der Waals surface area (Å²) in [5, 5.41) is 7.13. The van der Waals surface area contributed by atoms with E-state index in [1.807, 2.05) is 31.9 Å². The Labute approximate surface area is 209 Å². The Balaban J connectivity index is 0.000000363. The lowest BCUT2D eigenvalue weighted by atomic mass is 10.0. The average Bonchev–Trinajstić information content (AvgIpc) is 3.33. The highest BCUT2D eigenvalue weighted by atomic mass is 32.2. The van der Waals surface area contributed by atoms with Gasteiger partial charge in [-0.3, -0.25) is 0 Å². The van der Waals surface area contributed by atoms with E-state index in [1.165, 1.54) is 31.3 Å². The maximum atomic E-state index is 14.4.